The van der Waals surface area contributed by atoms with E-state index in [4.69, 9.17) is 4.74 Å². The van der Waals surface area contributed by atoms with Gasteiger partial charge in [-0.1, -0.05) is 19.3 Å². The standard InChI is InChI=1S/C22H30N6O6S/c1-2-34-18-9-8-16(35(32,33)27(10-12-29)11-13-30)14-17(18)19-23-22(31)21-25-24-20(28(21)26-19)15-6-4-3-5-7-15/h8-9,14-15,29-30H,2-7,10-13H2,1H3,(H,23,26,31). The summed E-state index contributed by atoms with van der Waals surface area (Å²) in [5, 5.41) is 31.5. The maximum absolute atomic E-state index is 13.2. The maximum Gasteiger partial charge on any atom is 0.296 e. The van der Waals surface area contributed by atoms with Gasteiger partial charge in [-0.3, -0.25) is 4.79 Å². The normalized spacial score (nSPS) is 15.2. The van der Waals surface area contributed by atoms with Gasteiger partial charge in [0.25, 0.3) is 5.56 Å². The second-order valence-corrected chi connectivity index (χ2v) is 10.3. The Morgan fingerprint density at radius 2 is 1.86 bits per heavy atom. The summed E-state index contributed by atoms with van der Waals surface area (Å²) in [7, 11) is -4.05. The number of benzene rings is 1. The number of aliphatic hydroxyl groups is 2. The lowest BCUT2D eigenvalue weighted by atomic mass is 9.89. The fourth-order valence-electron chi connectivity index (χ4n) is 4.42. The van der Waals surface area contributed by atoms with E-state index in [1.807, 2.05) is 0 Å². The Morgan fingerprint density at radius 1 is 1.14 bits per heavy atom. The van der Waals surface area contributed by atoms with Gasteiger partial charge in [0.15, 0.2) is 11.6 Å². The highest BCUT2D eigenvalue weighted by Gasteiger charge is 2.27. The van der Waals surface area contributed by atoms with Crippen LogP contribution in [0.4, 0.5) is 0 Å². The van der Waals surface area contributed by atoms with Gasteiger partial charge in [0.05, 0.1) is 30.3 Å². The molecular formula is C22H30N6O6S. The average Bonchev–Trinajstić information content (AvgIpc) is 3.29. The van der Waals surface area contributed by atoms with E-state index >= 15 is 0 Å². The Labute approximate surface area is 202 Å². The van der Waals surface area contributed by atoms with Crippen molar-refractivity contribution in [3.05, 3.63) is 34.4 Å². The molecule has 190 valence electrons. The Balaban J connectivity index is 1.85. The molecule has 0 unspecified atom stereocenters. The van der Waals surface area contributed by atoms with Crippen molar-refractivity contribution in [2.45, 2.75) is 49.8 Å². The van der Waals surface area contributed by atoms with Crippen LogP contribution in [0.3, 0.4) is 0 Å². The van der Waals surface area contributed by atoms with Gasteiger partial charge in [-0.25, -0.2) is 8.42 Å². The molecule has 4 rings (SSSR count). The molecule has 2 aromatic heterocycles. The predicted octanol–water partition coefficient (Wildman–Crippen LogP) is 0.901. The molecule has 3 aromatic rings. The Bertz CT molecular complexity index is 1330. The Hall–Kier alpha value is -2.87. The van der Waals surface area contributed by atoms with Gasteiger partial charge >= 0.3 is 0 Å². The number of sulfonamides is 1. The van der Waals surface area contributed by atoms with Crippen molar-refractivity contribution in [1.82, 2.24) is 29.1 Å². The summed E-state index contributed by atoms with van der Waals surface area (Å²) >= 11 is 0. The zero-order valence-electron chi connectivity index (χ0n) is 19.6. The van der Waals surface area contributed by atoms with E-state index in [1.54, 1.807) is 6.92 Å². The molecule has 1 aliphatic rings. The monoisotopic (exact) mass is 506 g/mol. The van der Waals surface area contributed by atoms with Crippen LogP contribution < -0.4 is 10.3 Å². The van der Waals surface area contributed by atoms with Crippen LogP contribution in [0.2, 0.25) is 0 Å². The van der Waals surface area contributed by atoms with Crippen LogP contribution in [-0.2, 0) is 10.0 Å². The third kappa shape index (κ3) is 5.08. The van der Waals surface area contributed by atoms with E-state index in [0.29, 0.717) is 18.2 Å². The highest BCUT2D eigenvalue weighted by Crippen LogP contribution is 2.33. The number of hydrogen-bond donors (Lipinski definition) is 3. The number of hydrogen-bond acceptors (Lipinski definition) is 9. The first-order valence-electron chi connectivity index (χ1n) is 11.8. The molecule has 0 saturated heterocycles. The number of fused-ring (bicyclic) bond motifs is 1. The van der Waals surface area contributed by atoms with Crippen LogP contribution in [0.5, 0.6) is 5.75 Å². The highest BCUT2D eigenvalue weighted by atomic mass is 32.2. The Morgan fingerprint density at radius 3 is 2.51 bits per heavy atom. The minimum atomic E-state index is -4.05. The quantitative estimate of drug-likeness (QED) is 0.362. The van der Waals surface area contributed by atoms with E-state index in [9.17, 15) is 23.4 Å². The average molecular weight is 507 g/mol. The second kappa shape index (κ2) is 10.8. The van der Waals surface area contributed by atoms with Crippen molar-refractivity contribution >= 4 is 15.7 Å². The van der Waals surface area contributed by atoms with Gasteiger partial charge in [-0.05, 0) is 38.0 Å². The van der Waals surface area contributed by atoms with Gasteiger partial charge < -0.3 is 19.9 Å². The summed E-state index contributed by atoms with van der Waals surface area (Å²) in [6.45, 7) is 0.972. The van der Waals surface area contributed by atoms with E-state index in [0.717, 1.165) is 36.4 Å². The first-order chi connectivity index (χ1) is 16.9. The molecular weight excluding hydrogens is 476 g/mol. The molecule has 3 N–H and O–H groups in total. The third-order valence-electron chi connectivity index (χ3n) is 6.11. The van der Waals surface area contributed by atoms with Crippen LogP contribution in [-0.4, -0.2) is 80.6 Å². The number of rotatable bonds is 10. The smallest absolute Gasteiger partial charge is 0.296 e. The van der Waals surface area contributed by atoms with Crippen LogP contribution in [0.1, 0.15) is 50.8 Å². The van der Waals surface area contributed by atoms with Gasteiger partial charge in [-0.15, -0.1) is 15.3 Å². The molecule has 0 aliphatic heterocycles. The molecule has 1 aliphatic carbocycles. The molecule has 13 heteroatoms. The van der Waals surface area contributed by atoms with Crippen molar-refractivity contribution in [3.8, 4) is 17.1 Å². The summed E-state index contributed by atoms with van der Waals surface area (Å²) in [6, 6.07) is 4.26. The molecule has 1 aromatic carbocycles. The maximum atomic E-state index is 13.2. The minimum absolute atomic E-state index is 0.0770. The number of aromatic nitrogens is 5. The van der Waals surface area contributed by atoms with Gasteiger partial charge in [0.1, 0.15) is 5.75 Å². The number of aromatic amines is 1. The number of ether oxygens (including phenoxy) is 1. The van der Waals surface area contributed by atoms with Crippen LogP contribution in [0.15, 0.2) is 27.9 Å². The number of nitrogens with zero attached hydrogens (tertiary/aromatic N) is 5. The topological polar surface area (TPSA) is 163 Å². The molecule has 0 atom stereocenters. The van der Waals surface area contributed by atoms with E-state index in [1.165, 1.54) is 22.7 Å². The van der Waals surface area contributed by atoms with Gasteiger partial charge in [0, 0.05) is 19.0 Å². The lowest BCUT2D eigenvalue weighted by Crippen LogP contribution is -2.35. The highest BCUT2D eigenvalue weighted by molar-refractivity contribution is 7.89. The number of aliphatic hydroxyl groups excluding tert-OH is 2. The fourth-order valence-corrected chi connectivity index (χ4v) is 5.87. The molecule has 1 fully saturated rings. The molecule has 0 radical (unpaired) electrons. The zero-order chi connectivity index (χ0) is 25.0. The predicted molar refractivity (Wildman–Crippen MR) is 127 cm³/mol. The molecule has 2 heterocycles. The van der Waals surface area contributed by atoms with Crippen molar-refractivity contribution in [3.63, 3.8) is 0 Å². The number of nitrogens with one attached hydrogen (secondary N) is 1. The molecule has 35 heavy (non-hydrogen) atoms. The lowest BCUT2D eigenvalue weighted by Gasteiger charge is -2.21. The summed E-state index contributed by atoms with van der Waals surface area (Å²) in [4.78, 5) is 15.5. The Kier molecular flexibility index (Phi) is 7.79. The van der Waals surface area contributed by atoms with Crippen molar-refractivity contribution < 1.29 is 23.4 Å². The van der Waals surface area contributed by atoms with Crippen LogP contribution >= 0.6 is 0 Å². The second-order valence-electron chi connectivity index (χ2n) is 8.37. The SMILES string of the molecule is CCOc1ccc(S(=O)(=O)N(CCO)CCO)cc1-c1nn2c(C3CCCCC3)nnc2c(=O)[nH]1. The first-order valence-corrected chi connectivity index (χ1v) is 13.2. The van der Waals surface area contributed by atoms with Crippen molar-refractivity contribution in [1.29, 1.82) is 0 Å². The van der Waals surface area contributed by atoms with Crippen molar-refractivity contribution in [2.24, 2.45) is 0 Å². The fraction of sp³-hybridized carbons (Fsp3) is 0.545. The van der Waals surface area contributed by atoms with Crippen LogP contribution in [0, 0.1) is 0 Å². The molecule has 12 nitrogen and oxygen atoms in total. The summed E-state index contributed by atoms with van der Waals surface area (Å²) in [6.07, 6.45) is 5.18. The summed E-state index contributed by atoms with van der Waals surface area (Å²) < 4.78 is 34.6. The molecule has 0 amide bonds. The molecule has 1 saturated carbocycles. The molecule has 0 bridgehead atoms. The minimum Gasteiger partial charge on any atom is -0.493 e. The van der Waals surface area contributed by atoms with Gasteiger partial charge in [-0.2, -0.15) is 8.82 Å². The van der Waals surface area contributed by atoms with E-state index < -0.39 is 28.8 Å². The van der Waals surface area contributed by atoms with Gasteiger partial charge in [0.2, 0.25) is 15.7 Å². The summed E-state index contributed by atoms with van der Waals surface area (Å²) in [5.41, 5.74) is -0.140. The van der Waals surface area contributed by atoms with Crippen LogP contribution in [0.25, 0.3) is 17.0 Å². The van der Waals surface area contributed by atoms with E-state index in [-0.39, 0.29) is 40.9 Å². The third-order valence-corrected chi connectivity index (χ3v) is 8.01. The zero-order valence-corrected chi connectivity index (χ0v) is 20.4. The summed E-state index contributed by atoms with van der Waals surface area (Å²) in [5.74, 6) is 1.23. The lowest BCUT2D eigenvalue weighted by molar-refractivity contribution is 0.217. The first kappa shape index (κ1) is 25.2. The largest absolute Gasteiger partial charge is 0.493 e. The number of H-pyrrole nitrogens is 1. The van der Waals surface area contributed by atoms with Crippen molar-refractivity contribution in [2.75, 3.05) is 32.9 Å². The molecule has 0 spiro atoms. The van der Waals surface area contributed by atoms with E-state index in [2.05, 4.69) is 20.3 Å².